The normalized spacial score (nSPS) is 14.9. The van der Waals surface area contributed by atoms with Crippen LogP contribution in [0.25, 0.3) is 27.7 Å². The third-order valence-electron chi connectivity index (χ3n) is 6.09. The molecule has 2 aromatic carbocycles. The second-order valence-corrected chi connectivity index (χ2v) is 8.45. The first-order chi connectivity index (χ1) is 15.1. The van der Waals surface area contributed by atoms with Crippen LogP contribution >= 0.6 is 0 Å². The Morgan fingerprint density at radius 3 is 2.45 bits per heavy atom. The number of carbonyl (C=O) groups is 1. The molecule has 0 atom stereocenters. The van der Waals surface area contributed by atoms with Gasteiger partial charge in [0.05, 0.1) is 11.2 Å². The third kappa shape index (κ3) is 3.91. The van der Waals surface area contributed by atoms with E-state index < -0.39 is 0 Å². The molecule has 1 aliphatic heterocycles. The number of piperidine rings is 1. The molecular weight excluding hydrogens is 386 g/mol. The van der Waals surface area contributed by atoms with Gasteiger partial charge in [-0.25, -0.2) is 0 Å². The van der Waals surface area contributed by atoms with Crippen LogP contribution < -0.4 is 5.32 Å². The second-order valence-electron chi connectivity index (χ2n) is 8.45. The Kier molecular flexibility index (Phi) is 5.16. The summed E-state index contributed by atoms with van der Waals surface area (Å²) in [5.41, 5.74) is 6.06. The molecule has 2 aromatic heterocycles. The van der Waals surface area contributed by atoms with Crippen LogP contribution in [0.2, 0.25) is 0 Å². The molecule has 0 unspecified atom stereocenters. The Bertz CT molecular complexity index is 1250. The standard InChI is InChI=1S/C25H27N5O/c1-17-27-28-25-23(26-18(2)31)15-22-14-21(10-11-24(22)30(17)25)20-8-6-19(7-9-20)16-29-12-4-3-5-13-29/h6-11,14-15H,3-5,12-13,16H2,1-2H3,(H,26,31). The van der Waals surface area contributed by atoms with E-state index >= 15 is 0 Å². The van der Waals surface area contributed by atoms with E-state index in [1.165, 1.54) is 50.4 Å². The number of likely N-dealkylation sites (tertiary alicyclic amines) is 1. The molecule has 0 radical (unpaired) electrons. The largest absolute Gasteiger partial charge is 0.323 e. The molecule has 3 heterocycles. The van der Waals surface area contributed by atoms with Gasteiger partial charge in [-0.05, 0) is 67.7 Å². The average molecular weight is 414 g/mol. The number of pyridine rings is 1. The lowest BCUT2D eigenvalue weighted by atomic mass is 10.0. The van der Waals surface area contributed by atoms with Crippen molar-refractivity contribution >= 4 is 28.1 Å². The summed E-state index contributed by atoms with van der Waals surface area (Å²) in [4.78, 5) is 14.2. The summed E-state index contributed by atoms with van der Waals surface area (Å²) in [6.45, 7) is 6.88. The van der Waals surface area contributed by atoms with Crippen LogP contribution in [-0.2, 0) is 11.3 Å². The van der Waals surface area contributed by atoms with E-state index in [0.29, 0.717) is 11.3 Å². The summed E-state index contributed by atoms with van der Waals surface area (Å²) in [6, 6.07) is 17.3. The minimum atomic E-state index is -0.123. The Labute approximate surface area is 181 Å². The van der Waals surface area contributed by atoms with Gasteiger partial charge in [-0.15, -0.1) is 10.2 Å². The van der Waals surface area contributed by atoms with Gasteiger partial charge in [-0.2, -0.15) is 0 Å². The zero-order valence-electron chi connectivity index (χ0n) is 18.1. The van der Waals surface area contributed by atoms with Gasteiger partial charge in [0.1, 0.15) is 5.82 Å². The van der Waals surface area contributed by atoms with Gasteiger partial charge < -0.3 is 5.32 Å². The summed E-state index contributed by atoms with van der Waals surface area (Å²) in [7, 11) is 0. The molecule has 6 heteroatoms. The highest BCUT2D eigenvalue weighted by atomic mass is 16.1. The van der Waals surface area contributed by atoms with Crippen LogP contribution in [-0.4, -0.2) is 38.5 Å². The van der Waals surface area contributed by atoms with Gasteiger partial charge in [-0.3, -0.25) is 14.1 Å². The van der Waals surface area contributed by atoms with Crippen molar-refractivity contribution in [3.8, 4) is 11.1 Å². The van der Waals surface area contributed by atoms with Crippen LogP contribution in [0.3, 0.4) is 0 Å². The van der Waals surface area contributed by atoms with E-state index in [2.05, 4.69) is 62.9 Å². The van der Waals surface area contributed by atoms with E-state index in [1.807, 2.05) is 17.4 Å². The lowest BCUT2D eigenvalue weighted by molar-refractivity contribution is -0.114. The number of fused-ring (bicyclic) bond motifs is 3. The van der Waals surface area contributed by atoms with Crippen LogP contribution in [0.1, 0.15) is 37.6 Å². The van der Waals surface area contributed by atoms with Crippen molar-refractivity contribution in [2.24, 2.45) is 0 Å². The smallest absolute Gasteiger partial charge is 0.221 e. The zero-order valence-corrected chi connectivity index (χ0v) is 18.1. The van der Waals surface area contributed by atoms with E-state index in [4.69, 9.17) is 0 Å². The van der Waals surface area contributed by atoms with Crippen LogP contribution in [0, 0.1) is 6.92 Å². The SMILES string of the molecule is CC(=O)Nc1cc2cc(-c3ccc(CN4CCCCC4)cc3)ccc2n2c(C)nnc12. The fourth-order valence-electron chi connectivity index (χ4n) is 4.56. The molecule has 1 aliphatic rings. The molecule has 4 aromatic rings. The van der Waals surface area contributed by atoms with Crippen molar-refractivity contribution in [3.05, 3.63) is 59.9 Å². The number of hydrogen-bond donors (Lipinski definition) is 1. The number of benzene rings is 2. The summed E-state index contributed by atoms with van der Waals surface area (Å²) in [5.74, 6) is 0.671. The van der Waals surface area contributed by atoms with Crippen LogP contribution in [0.5, 0.6) is 0 Å². The maximum absolute atomic E-state index is 11.7. The molecule has 5 rings (SSSR count). The fourth-order valence-corrected chi connectivity index (χ4v) is 4.56. The molecule has 0 saturated carbocycles. The summed E-state index contributed by atoms with van der Waals surface area (Å²) in [5, 5.41) is 12.4. The van der Waals surface area contributed by atoms with Gasteiger partial charge in [0.15, 0.2) is 5.65 Å². The number of nitrogens with one attached hydrogen (secondary N) is 1. The third-order valence-corrected chi connectivity index (χ3v) is 6.09. The molecule has 1 amide bonds. The number of aryl methyl sites for hydroxylation is 1. The minimum Gasteiger partial charge on any atom is -0.323 e. The highest BCUT2D eigenvalue weighted by Gasteiger charge is 2.14. The van der Waals surface area contributed by atoms with Crippen molar-refractivity contribution in [1.29, 1.82) is 0 Å². The second kappa shape index (κ2) is 8.12. The van der Waals surface area contributed by atoms with Gasteiger partial charge in [0.25, 0.3) is 0 Å². The quantitative estimate of drug-likeness (QED) is 0.522. The number of rotatable bonds is 4. The van der Waals surface area contributed by atoms with Crippen molar-refractivity contribution < 1.29 is 4.79 Å². The highest BCUT2D eigenvalue weighted by molar-refractivity contribution is 5.98. The number of amides is 1. The van der Waals surface area contributed by atoms with Crippen LogP contribution in [0.15, 0.2) is 48.5 Å². The van der Waals surface area contributed by atoms with Crippen molar-refractivity contribution in [1.82, 2.24) is 19.5 Å². The topological polar surface area (TPSA) is 62.5 Å². The first kappa shape index (κ1) is 19.7. The van der Waals surface area contributed by atoms with E-state index in [9.17, 15) is 4.79 Å². The Balaban J connectivity index is 1.49. The molecule has 1 fully saturated rings. The van der Waals surface area contributed by atoms with Gasteiger partial charge in [0, 0.05) is 18.9 Å². The number of hydrogen-bond acceptors (Lipinski definition) is 4. The zero-order chi connectivity index (χ0) is 21.4. The maximum Gasteiger partial charge on any atom is 0.221 e. The summed E-state index contributed by atoms with van der Waals surface area (Å²) in [6.07, 6.45) is 3.99. The first-order valence-electron chi connectivity index (χ1n) is 11.0. The lowest BCUT2D eigenvalue weighted by Gasteiger charge is -2.26. The maximum atomic E-state index is 11.7. The Morgan fingerprint density at radius 1 is 0.968 bits per heavy atom. The Hall–Kier alpha value is -3.25. The molecule has 6 nitrogen and oxygen atoms in total. The van der Waals surface area contributed by atoms with Crippen LogP contribution in [0.4, 0.5) is 5.69 Å². The Morgan fingerprint density at radius 2 is 1.71 bits per heavy atom. The van der Waals surface area contributed by atoms with Crippen molar-refractivity contribution in [3.63, 3.8) is 0 Å². The summed E-state index contributed by atoms with van der Waals surface area (Å²) >= 11 is 0. The first-order valence-corrected chi connectivity index (χ1v) is 11.0. The van der Waals surface area contributed by atoms with Gasteiger partial charge in [0.2, 0.25) is 5.91 Å². The van der Waals surface area contributed by atoms with E-state index in [1.54, 1.807) is 0 Å². The molecule has 0 bridgehead atoms. The molecule has 0 spiro atoms. The average Bonchev–Trinajstić information content (AvgIpc) is 3.16. The fraction of sp³-hybridized carbons (Fsp3) is 0.320. The predicted octanol–water partition coefficient (Wildman–Crippen LogP) is 4.80. The number of nitrogens with zero attached hydrogens (tertiary/aromatic N) is 4. The molecule has 0 aliphatic carbocycles. The van der Waals surface area contributed by atoms with Crippen molar-refractivity contribution in [2.45, 2.75) is 39.7 Å². The minimum absolute atomic E-state index is 0.123. The van der Waals surface area contributed by atoms with Crippen molar-refractivity contribution in [2.75, 3.05) is 18.4 Å². The predicted molar refractivity (Wildman–Crippen MR) is 124 cm³/mol. The number of carbonyl (C=O) groups excluding carboxylic acids is 1. The number of aromatic nitrogens is 3. The highest BCUT2D eigenvalue weighted by Crippen LogP contribution is 2.30. The molecule has 1 N–H and O–H groups in total. The molecule has 1 saturated heterocycles. The molecule has 31 heavy (non-hydrogen) atoms. The summed E-state index contributed by atoms with van der Waals surface area (Å²) < 4.78 is 1.99. The molecular formula is C25H27N5O. The molecule has 158 valence electrons. The van der Waals surface area contributed by atoms with Gasteiger partial charge in [-0.1, -0.05) is 36.8 Å². The number of anilines is 1. The van der Waals surface area contributed by atoms with E-state index in [-0.39, 0.29) is 5.91 Å². The lowest BCUT2D eigenvalue weighted by Crippen LogP contribution is -2.28. The monoisotopic (exact) mass is 413 g/mol. The van der Waals surface area contributed by atoms with E-state index in [0.717, 1.165) is 28.8 Å². The van der Waals surface area contributed by atoms with Gasteiger partial charge >= 0.3 is 0 Å².